The number of rotatable bonds is 1. The van der Waals surface area contributed by atoms with Crippen molar-refractivity contribution in [2.75, 3.05) is 0 Å². The van der Waals surface area contributed by atoms with E-state index in [9.17, 15) is 27.1 Å². The Labute approximate surface area is 231 Å². The fraction of sp³-hybridized carbons (Fsp3) is 0.385. The van der Waals surface area contributed by atoms with Crippen LogP contribution in [0.3, 0.4) is 0 Å². The van der Waals surface area contributed by atoms with Crippen LogP contribution in [0.15, 0.2) is 24.3 Å². The van der Waals surface area contributed by atoms with E-state index in [1.165, 1.54) is 17.7 Å². The van der Waals surface area contributed by atoms with Gasteiger partial charge in [-0.3, -0.25) is 0 Å². The minimum Gasteiger partial charge on any atom is -0.507 e. The second kappa shape index (κ2) is 13.3. The van der Waals surface area contributed by atoms with E-state index in [4.69, 9.17) is 0 Å². The second-order valence-electron chi connectivity index (χ2n) is 9.85. The molecule has 0 bridgehead atoms. The summed E-state index contributed by atoms with van der Waals surface area (Å²) in [5.41, 5.74) is 2.21. The Morgan fingerprint density at radius 3 is 1.43 bits per heavy atom. The van der Waals surface area contributed by atoms with Crippen LogP contribution in [0.5, 0.6) is 5.75 Å². The van der Waals surface area contributed by atoms with E-state index in [-0.39, 0.29) is 69.4 Å². The number of benzene rings is 2. The van der Waals surface area contributed by atoms with E-state index in [1.807, 2.05) is 0 Å². The molecule has 35 heavy (non-hydrogen) atoms. The first-order valence-corrected chi connectivity index (χ1v) is 10.2. The summed E-state index contributed by atoms with van der Waals surface area (Å²) in [4.78, 5) is 0. The van der Waals surface area contributed by atoms with E-state index < -0.39 is 34.6 Å². The molecule has 0 heterocycles. The average molecular weight is 572 g/mol. The van der Waals surface area contributed by atoms with Gasteiger partial charge in [-0.1, -0.05) is 71.2 Å². The van der Waals surface area contributed by atoms with Crippen LogP contribution in [0.4, 0.5) is 22.0 Å². The molecule has 2 aromatic rings. The first-order valence-electron chi connectivity index (χ1n) is 10.2. The molecular formula is C26H30Cl2F5OTi-. The Bertz CT molecular complexity index is 1040. The Balaban J connectivity index is 0. The number of halogens is 7. The number of hydrogen-bond donors (Lipinski definition) is 1. The van der Waals surface area contributed by atoms with Crippen molar-refractivity contribution in [2.45, 2.75) is 65.7 Å². The van der Waals surface area contributed by atoms with Gasteiger partial charge in [0.15, 0.2) is 17.5 Å². The average Bonchev–Trinajstić information content (AvgIpc) is 3.19. The van der Waals surface area contributed by atoms with E-state index in [1.54, 1.807) is 0 Å². The molecule has 0 spiro atoms. The molecule has 9 heteroatoms. The minimum absolute atomic E-state index is 0. The molecule has 0 radical (unpaired) electrons. The summed E-state index contributed by atoms with van der Waals surface area (Å²) in [7, 11) is 0. The van der Waals surface area contributed by atoms with Crippen molar-refractivity contribution < 1.29 is 48.8 Å². The predicted molar refractivity (Wildman–Crippen MR) is 131 cm³/mol. The SMILES string of the molecule is Cc1cc(C(C)(C)C)c(O)c(C(C)(C)C)c1.Cl.Cl.Fc1c(F)c(F)c(C2=[C-]CC=C2)c(F)c1F.[Ti]. The molecule has 0 unspecified atom stereocenters. The molecule has 1 aliphatic rings. The quantitative estimate of drug-likeness (QED) is 0.119. The molecule has 194 valence electrons. The largest absolute Gasteiger partial charge is 0.507 e. The molecular weight excluding hydrogens is 542 g/mol. The number of phenolic OH excluding ortho intramolecular Hbond substituents is 1. The van der Waals surface area contributed by atoms with Crippen LogP contribution >= 0.6 is 24.8 Å². The normalized spacial score (nSPS) is 12.5. The first kappa shape index (κ1) is 35.8. The van der Waals surface area contributed by atoms with Gasteiger partial charge in [-0.2, -0.15) is 17.7 Å². The van der Waals surface area contributed by atoms with Gasteiger partial charge in [0.1, 0.15) is 17.4 Å². The molecule has 0 fully saturated rings. The fourth-order valence-corrected chi connectivity index (χ4v) is 3.34. The van der Waals surface area contributed by atoms with E-state index >= 15 is 0 Å². The van der Waals surface area contributed by atoms with Crippen LogP contribution in [-0.2, 0) is 32.5 Å². The van der Waals surface area contributed by atoms with Gasteiger partial charge in [-0.05, 0) is 28.9 Å². The van der Waals surface area contributed by atoms with Crippen molar-refractivity contribution >= 4 is 30.4 Å². The summed E-state index contributed by atoms with van der Waals surface area (Å²) in [5.74, 6) is -9.23. The third kappa shape index (κ3) is 8.08. The molecule has 1 N–H and O–H groups in total. The Morgan fingerprint density at radius 2 is 1.11 bits per heavy atom. The van der Waals surface area contributed by atoms with Crippen molar-refractivity contribution in [3.63, 3.8) is 0 Å². The standard InChI is InChI=1S/C15H24O.C11H4F5.2ClH.Ti/c1-10-8-11(14(2,3)4)13(16)12(9-10)15(5,6)7;12-7-6(5-3-1-2-4-5)8(13)10(15)11(16)9(7)14;;;/h8-9,16H,1-7H3;1,3H,2H2;2*1H;/q;-1;;;. The third-order valence-corrected chi connectivity index (χ3v) is 5.04. The Morgan fingerprint density at radius 1 is 0.743 bits per heavy atom. The Hall–Kier alpha value is -1.34. The van der Waals surface area contributed by atoms with Crippen molar-refractivity contribution in [1.29, 1.82) is 0 Å². The number of hydrogen-bond acceptors (Lipinski definition) is 1. The van der Waals surface area contributed by atoms with E-state index in [2.05, 4.69) is 66.7 Å². The number of aryl methyl sites for hydroxylation is 1. The van der Waals surface area contributed by atoms with Crippen LogP contribution in [0.1, 0.15) is 70.2 Å². The topological polar surface area (TPSA) is 20.2 Å². The van der Waals surface area contributed by atoms with Gasteiger partial charge in [-0.15, -0.1) is 30.9 Å². The van der Waals surface area contributed by atoms with Gasteiger partial charge in [0.05, 0.1) is 0 Å². The molecule has 0 aliphatic heterocycles. The van der Waals surface area contributed by atoms with Crippen molar-refractivity contribution in [3.05, 3.63) is 81.7 Å². The van der Waals surface area contributed by atoms with Crippen molar-refractivity contribution in [1.82, 2.24) is 0 Å². The second-order valence-corrected chi connectivity index (χ2v) is 9.85. The van der Waals surface area contributed by atoms with Gasteiger partial charge in [0.25, 0.3) is 0 Å². The third-order valence-electron chi connectivity index (χ3n) is 5.04. The molecule has 1 aliphatic carbocycles. The van der Waals surface area contributed by atoms with Crippen LogP contribution in [-0.4, -0.2) is 5.11 Å². The summed E-state index contributed by atoms with van der Waals surface area (Å²) < 4.78 is 64.8. The molecule has 0 saturated heterocycles. The summed E-state index contributed by atoms with van der Waals surface area (Å²) in [6.45, 7) is 14.9. The van der Waals surface area contributed by atoms with Gasteiger partial charge < -0.3 is 5.11 Å². The van der Waals surface area contributed by atoms with Crippen molar-refractivity contribution in [3.8, 4) is 5.75 Å². The van der Waals surface area contributed by atoms with Crippen LogP contribution in [0, 0.1) is 42.1 Å². The smallest absolute Gasteiger partial charge is 0.198 e. The van der Waals surface area contributed by atoms with Crippen LogP contribution < -0.4 is 0 Å². The first-order chi connectivity index (χ1) is 14.6. The molecule has 0 atom stereocenters. The van der Waals surface area contributed by atoms with Gasteiger partial charge in [0.2, 0.25) is 0 Å². The van der Waals surface area contributed by atoms with Crippen LogP contribution in [0.25, 0.3) is 5.57 Å². The number of aromatic hydroxyl groups is 1. The van der Waals surface area contributed by atoms with Gasteiger partial charge >= 0.3 is 0 Å². The summed E-state index contributed by atoms with van der Waals surface area (Å²) >= 11 is 0. The predicted octanol–water partition coefficient (Wildman–Crippen LogP) is 8.67. The molecule has 3 rings (SSSR count). The van der Waals surface area contributed by atoms with E-state index in [0.29, 0.717) is 5.75 Å². The van der Waals surface area contributed by atoms with Gasteiger partial charge in [-0.25, -0.2) is 22.0 Å². The zero-order chi connectivity index (χ0) is 24.6. The van der Waals surface area contributed by atoms with E-state index in [0.717, 1.165) is 11.1 Å². The van der Waals surface area contributed by atoms with Crippen molar-refractivity contribution in [2.24, 2.45) is 0 Å². The Kier molecular flexibility index (Phi) is 13.6. The monoisotopic (exact) mass is 571 g/mol. The maximum Gasteiger partial charge on any atom is 0.198 e. The summed E-state index contributed by atoms with van der Waals surface area (Å²) in [6, 6.07) is 4.18. The summed E-state index contributed by atoms with van der Waals surface area (Å²) in [5, 5.41) is 10.4. The molecule has 1 nitrogen and oxygen atoms in total. The molecule has 2 aromatic carbocycles. The summed E-state index contributed by atoms with van der Waals surface area (Å²) in [6.07, 6.45) is 5.55. The minimum atomic E-state index is -2.15. The molecule has 0 saturated carbocycles. The molecule has 0 amide bonds. The van der Waals surface area contributed by atoms with Crippen LogP contribution in [0.2, 0.25) is 0 Å². The zero-order valence-electron chi connectivity index (χ0n) is 20.7. The maximum atomic E-state index is 13.2. The maximum absolute atomic E-state index is 13.2. The number of allylic oxidation sites excluding steroid dienone is 4. The number of phenols is 1. The fourth-order valence-electron chi connectivity index (χ4n) is 3.34. The molecule has 0 aromatic heterocycles. The zero-order valence-corrected chi connectivity index (χ0v) is 23.9. The van der Waals surface area contributed by atoms with Gasteiger partial charge in [0, 0.05) is 21.7 Å².